The molecule has 4 nitrogen and oxygen atoms in total. The smallest absolute Gasteiger partial charge is 0.151 e. The molecular weight excluding hydrogens is 180 g/mol. The monoisotopic (exact) mass is 202 g/mol. The summed E-state index contributed by atoms with van der Waals surface area (Å²) >= 11 is 0. The molecule has 0 radical (unpaired) electrons. The number of ketones is 1. The normalized spacial score (nSPS) is 12.6. The van der Waals surface area contributed by atoms with Crippen LogP contribution in [0.25, 0.3) is 0 Å². The van der Waals surface area contributed by atoms with Gasteiger partial charge in [0, 0.05) is 19.6 Å². The van der Waals surface area contributed by atoms with E-state index in [0.717, 1.165) is 0 Å². The van der Waals surface area contributed by atoms with Crippen molar-refractivity contribution in [2.75, 3.05) is 13.7 Å². The molecule has 2 N–H and O–H groups in total. The van der Waals surface area contributed by atoms with E-state index in [1.807, 2.05) is 27.7 Å². The van der Waals surface area contributed by atoms with Crippen LogP contribution in [0.2, 0.25) is 0 Å². The molecule has 0 aromatic heterocycles. The van der Waals surface area contributed by atoms with Gasteiger partial charge in [-0.05, 0) is 27.7 Å². The SMILES string of the molecule is COC(C)(C)CC(=O)CN(N)C(C)C. The number of rotatable bonds is 6. The Bertz CT molecular complexity index is 191. The quantitative estimate of drug-likeness (QED) is 0.515. The third-order valence-corrected chi connectivity index (χ3v) is 2.20. The standard InChI is InChI=1S/C10H22N2O2/c1-8(2)12(11)7-9(13)6-10(3,4)14-5/h8H,6-7,11H2,1-5H3. The molecule has 0 fully saturated rings. The second kappa shape index (κ2) is 5.44. The highest BCUT2D eigenvalue weighted by Crippen LogP contribution is 2.13. The van der Waals surface area contributed by atoms with E-state index in [4.69, 9.17) is 10.6 Å². The molecule has 0 bridgehead atoms. The maximum Gasteiger partial charge on any atom is 0.151 e. The molecule has 0 aliphatic carbocycles. The van der Waals surface area contributed by atoms with Gasteiger partial charge in [-0.1, -0.05) is 0 Å². The van der Waals surface area contributed by atoms with Crippen molar-refractivity contribution in [1.29, 1.82) is 0 Å². The molecule has 0 amide bonds. The lowest BCUT2D eigenvalue weighted by atomic mass is 10.0. The highest BCUT2D eigenvalue weighted by molar-refractivity contribution is 5.81. The lowest BCUT2D eigenvalue weighted by Crippen LogP contribution is -2.42. The number of Topliss-reactive ketones (excluding diaryl/α,β-unsaturated/α-hetero) is 1. The second-order valence-electron chi connectivity index (χ2n) is 4.45. The second-order valence-corrected chi connectivity index (χ2v) is 4.45. The molecule has 0 unspecified atom stereocenters. The van der Waals surface area contributed by atoms with E-state index in [9.17, 15) is 4.79 Å². The Morgan fingerprint density at radius 3 is 2.36 bits per heavy atom. The van der Waals surface area contributed by atoms with Crippen molar-refractivity contribution in [3.8, 4) is 0 Å². The zero-order valence-electron chi connectivity index (χ0n) is 9.83. The fourth-order valence-corrected chi connectivity index (χ4v) is 0.989. The number of ether oxygens (including phenoxy) is 1. The summed E-state index contributed by atoms with van der Waals surface area (Å²) in [5, 5.41) is 1.54. The van der Waals surface area contributed by atoms with E-state index in [0.29, 0.717) is 6.42 Å². The van der Waals surface area contributed by atoms with Gasteiger partial charge in [-0.25, -0.2) is 5.01 Å². The summed E-state index contributed by atoms with van der Waals surface area (Å²) in [4.78, 5) is 11.5. The maximum atomic E-state index is 11.5. The molecule has 84 valence electrons. The van der Waals surface area contributed by atoms with E-state index in [1.54, 1.807) is 7.11 Å². The first-order valence-corrected chi connectivity index (χ1v) is 4.86. The lowest BCUT2D eigenvalue weighted by Gasteiger charge is -2.24. The van der Waals surface area contributed by atoms with Crippen LogP contribution in [0.5, 0.6) is 0 Å². The van der Waals surface area contributed by atoms with Crippen LogP contribution in [0.4, 0.5) is 0 Å². The number of methoxy groups -OCH3 is 1. The Balaban J connectivity index is 3.99. The predicted molar refractivity (Wildman–Crippen MR) is 56.7 cm³/mol. The number of nitrogens with two attached hydrogens (primary N) is 1. The van der Waals surface area contributed by atoms with Gasteiger partial charge in [0.25, 0.3) is 0 Å². The van der Waals surface area contributed by atoms with Gasteiger partial charge in [-0.3, -0.25) is 10.6 Å². The Morgan fingerprint density at radius 2 is 2.00 bits per heavy atom. The molecule has 0 aromatic carbocycles. The highest BCUT2D eigenvalue weighted by atomic mass is 16.5. The molecule has 4 heteroatoms. The topological polar surface area (TPSA) is 55.6 Å². The highest BCUT2D eigenvalue weighted by Gasteiger charge is 2.22. The summed E-state index contributed by atoms with van der Waals surface area (Å²) in [5.74, 6) is 5.75. The van der Waals surface area contributed by atoms with Crippen molar-refractivity contribution in [3.05, 3.63) is 0 Å². The van der Waals surface area contributed by atoms with Crippen LogP contribution in [-0.2, 0) is 9.53 Å². The Labute approximate surface area is 86.4 Å². The first-order valence-electron chi connectivity index (χ1n) is 4.86. The number of hydrogen-bond acceptors (Lipinski definition) is 4. The van der Waals surface area contributed by atoms with Gasteiger partial charge < -0.3 is 4.74 Å². The average Bonchev–Trinajstić information content (AvgIpc) is 2.02. The number of hydrogen-bond donors (Lipinski definition) is 1. The van der Waals surface area contributed by atoms with Gasteiger partial charge in [-0.15, -0.1) is 0 Å². The zero-order valence-corrected chi connectivity index (χ0v) is 9.83. The Hall–Kier alpha value is -0.450. The van der Waals surface area contributed by atoms with Gasteiger partial charge in [-0.2, -0.15) is 0 Å². The lowest BCUT2D eigenvalue weighted by molar-refractivity contribution is -0.125. The molecule has 0 saturated carbocycles. The maximum absolute atomic E-state index is 11.5. The average molecular weight is 202 g/mol. The van der Waals surface area contributed by atoms with Crippen molar-refractivity contribution < 1.29 is 9.53 Å². The van der Waals surface area contributed by atoms with E-state index in [-0.39, 0.29) is 18.4 Å². The van der Waals surface area contributed by atoms with E-state index in [2.05, 4.69) is 0 Å². The third-order valence-electron chi connectivity index (χ3n) is 2.20. The van der Waals surface area contributed by atoms with E-state index < -0.39 is 5.60 Å². The largest absolute Gasteiger partial charge is 0.378 e. The first kappa shape index (κ1) is 13.5. The van der Waals surface area contributed by atoms with Crippen molar-refractivity contribution in [2.24, 2.45) is 5.84 Å². The summed E-state index contributed by atoms with van der Waals surface area (Å²) in [6.45, 7) is 7.97. The summed E-state index contributed by atoms with van der Waals surface area (Å²) < 4.78 is 5.17. The molecule has 0 aromatic rings. The van der Waals surface area contributed by atoms with Gasteiger partial charge >= 0.3 is 0 Å². The van der Waals surface area contributed by atoms with Gasteiger partial charge in [0.15, 0.2) is 5.78 Å². The van der Waals surface area contributed by atoms with Crippen LogP contribution < -0.4 is 5.84 Å². The minimum Gasteiger partial charge on any atom is -0.378 e. The molecule has 0 heterocycles. The van der Waals surface area contributed by atoms with Gasteiger partial charge in [0.2, 0.25) is 0 Å². The van der Waals surface area contributed by atoms with Crippen LogP contribution in [0.1, 0.15) is 34.1 Å². The fourth-order valence-electron chi connectivity index (χ4n) is 0.989. The molecule has 0 atom stereocenters. The minimum atomic E-state index is -0.394. The molecule has 0 aliphatic rings. The molecule has 14 heavy (non-hydrogen) atoms. The van der Waals surface area contributed by atoms with Gasteiger partial charge in [0.1, 0.15) is 0 Å². The molecule has 0 spiro atoms. The Morgan fingerprint density at radius 1 is 1.50 bits per heavy atom. The molecule has 0 saturated heterocycles. The Kier molecular flexibility index (Phi) is 5.26. The van der Waals surface area contributed by atoms with Gasteiger partial charge in [0.05, 0.1) is 12.1 Å². The number of carbonyl (C=O) groups is 1. The van der Waals surface area contributed by atoms with Crippen LogP contribution >= 0.6 is 0 Å². The zero-order chi connectivity index (χ0) is 11.4. The van der Waals surface area contributed by atoms with Crippen LogP contribution in [-0.4, -0.2) is 36.1 Å². The predicted octanol–water partition coefficient (Wildman–Crippen LogP) is 0.955. The van der Waals surface area contributed by atoms with Crippen molar-refractivity contribution in [1.82, 2.24) is 5.01 Å². The minimum absolute atomic E-state index is 0.105. The van der Waals surface area contributed by atoms with E-state index in [1.165, 1.54) is 5.01 Å². The van der Waals surface area contributed by atoms with Crippen LogP contribution in [0.15, 0.2) is 0 Å². The van der Waals surface area contributed by atoms with Crippen molar-refractivity contribution in [3.63, 3.8) is 0 Å². The third kappa shape index (κ3) is 5.32. The van der Waals surface area contributed by atoms with E-state index >= 15 is 0 Å². The summed E-state index contributed by atoms with van der Waals surface area (Å²) in [6.07, 6.45) is 0.393. The number of nitrogens with zero attached hydrogens (tertiary/aromatic N) is 1. The number of carbonyl (C=O) groups excluding carboxylic acids is 1. The molecular formula is C10H22N2O2. The summed E-state index contributed by atoms with van der Waals surface area (Å²) in [5.41, 5.74) is -0.394. The summed E-state index contributed by atoms with van der Waals surface area (Å²) in [7, 11) is 1.61. The fraction of sp³-hybridized carbons (Fsp3) is 0.900. The summed E-state index contributed by atoms with van der Waals surface area (Å²) in [6, 6.07) is 0.185. The first-order chi connectivity index (χ1) is 6.28. The van der Waals surface area contributed by atoms with Crippen molar-refractivity contribution in [2.45, 2.75) is 45.8 Å². The molecule has 0 rings (SSSR count). The van der Waals surface area contributed by atoms with Crippen LogP contribution in [0, 0.1) is 0 Å². The number of hydrazine groups is 1. The molecule has 0 aliphatic heterocycles. The van der Waals surface area contributed by atoms with Crippen molar-refractivity contribution >= 4 is 5.78 Å². The van der Waals surface area contributed by atoms with Crippen LogP contribution in [0.3, 0.4) is 0 Å².